The van der Waals surface area contributed by atoms with Crippen LogP contribution in [0.25, 0.3) is 0 Å². The fourth-order valence-corrected chi connectivity index (χ4v) is 3.05. The van der Waals surface area contributed by atoms with Crippen LogP contribution in [0.3, 0.4) is 0 Å². The predicted molar refractivity (Wildman–Crippen MR) is 94.3 cm³/mol. The summed E-state index contributed by atoms with van der Waals surface area (Å²) in [5, 5.41) is 4.14. The molecule has 4 nitrogen and oxygen atoms in total. The molecule has 1 aromatic carbocycles. The van der Waals surface area contributed by atoms with Crippen LogP contribution in [0, 0.1) is 5.92 Å². The number of rotatable bonds is 3. The highest BCUT2D eigenvalue weighted by atomic mass is 35.5. The molecule has 2 aromatic rings. The zero-order valence-corrected chi connectivity index (χ0v) is 14.0. The molecule has 0 spiro atoms. The maximum absolute atomic E-state index is 12.3. The first-order valence-corrected chi connectivity index (χ1v) is 8.30. The van der Waals surface area contributed by atoms with Crippen LogP contribution in [-0.4, -0.2) is 24.0 Å². The van der Waals surface area contributed by atoms with Crippen LogP contribution in [0.15, 0.2) is 42.6 Å². The van der Waals surface area contributed by atoms with Crippen molar-refractivity contribution < 1.29 is 4.79 Å². The molecule has 0 radical (unpaired) electrons. The van der Waals surface area contributed by atoms with Crippen LogP contribution >= 0.6 is 23.2 Å². The van der Waals surface area contributed by atoms with Gasteiger partial charge in [-0.15, -0.1) is 0 Å². The number of carbonyl (C=O) groups excluding carboxylic acids is 1. The number of benzene rings is 1. The van der Waals surface area contributed by atoms with Gasteiger partial charge in [0.2, 0.25) is 5.91 Å². The lowest BCUT2D eigenvalue weighted by Gasteiger charge is -2.33. The van der Waals surface area contributed by atoms with Crippen molar-refractivity contribution in [1.82, 2.24) is 4.98 Å². The van der Waals surface area contributed by atoms with Gasteiger partial charge in [-0.25, -0.2) is 4.98 Å². The minimum atomic E-state index is 0.00270. The third-order valence-electron chi connectivity index (χ3n) is 4.02. The molecule has 3 rings (SSSR count). The van der Waals surface area contributed by atoms with Gasteiger partial charge < -0.3 is 10.2 Å². The van der Waals surface area contributed by atoms with Gasteiger partial charge in [-0.1, -0.05) is 29.3 Å². The smallest absolute Gasteiger partial charge is 0.228 e. The van der Waals surface area contributed by atoms with Gasteiger partial charge in [-0.3, -0.25) is 4.79 Å². The van der Waals surface area contributed by atoms with Crippen molar-refractivity contribution in [2.24, 2.45) is 5.92 Å². The first kappa shape index (κ1) is 16.1. The first-order valence-electron chi connectivity index (χ1n) is 7.55. The number of piperidine rings is 1. The van der Waals surface area contributed by atoms with E-state index in [1.54, 1.807) is 12.1 Å². The summed E-state index contributed by atoms with van der Waals surface area (Å²) in [6, 6.07) is 11.2. The summed E-state index contributed by atoms with van der Waals surface area (Å²) >= 11 is 11.8. The molecule has 2 heterocycles. The average molecular weight is 350 g/mol. The zero-order valence-electron chi connectivity index (χ0n) is 12.5. The summed E-state index contributed by atoms with van der Waals surface area (Å²) < 4.78 is 0. The number of halogens is 2. The molecule has 0 atom stereocenters. The van der Waals surface area contributed by atoms with E-state index >= 15 is 0 Å². The lowest BCUT2D eigenvalue weighted by atomic mass is 9.95. The highest BCUT2D eigenvalue weighted by Gasteiger charge is 2.25. The van der Waals surface area contributed by atoms with Crippen LogP contribution in [0.2, 0.25) is 10.0 Å². The van der Waals surface area contributed by atoms with Gasteiger partial charge in [0.25, 0.3) is 0 Å². The van der Waals surface area contributed by atoms with Crippen LogP contribution in [0.4, 0.5) is 11.5 Å². The Labute approximate surface area is 145 Å². The molecule has 1 aliphatic heterocycles. The van der Waals surface area contributed by atoms with Gasteiger partial charge in [0.1, 0.15) is 5.82 Å². The third-order valence-corrected chi connectivity index (χ3v) is 4.48. The standard InChI is InChI=1S/C17H17Cl2N3O/c18-13-2-1-3-15(10-13)22-8-6-12(7-9-22)17(23)21-16-5-4-14(19)11-20-16/h1-5,10-12H,6-9H2,(H,20,21,23). The lowest BCUT2D eigenvalue weighted by molar-refractivity contribution is -0.120. The fourth-order valence-electron chi connectivity index (χ4n) is 2.75. The molecule has 23 heavy (non-hydrogen) atoms. The van der Waals surface area contributed by atoms with Gasteiger partial charge in [0, 0.05) is 35.9 Å². The second-order valence-corrected chi connectivity index (χ2v) is 6.46. The number of aromatic nitrogens is 1. The Bertz CT molecular complexity index is 682. The Morgan fingerprint density at radius 1 is 1.13 bits per heavy atom. The van der Waals surface area contributed by atoms with Gasteiger partial charge in [0.15, 0.2) is 0 Å². The number of hydrogen-bond acceptors (Lipinski definition) is 3. The minimum absolute atomic E-state index is 0.00270. The predicted octanol–water partition coefficient (Wildman–Crippen LogP) is 4.24. The van der Waals surface area contributed by atoms with Crippen LogP contribution in [0.1, 0.15) is 12.8 Å². The highest BCUT2D eigenvalue weighted by molar-refractivity contribution is 6.31. The molecular weight excluding hydrogens is 333 g/mol. The number of nitrogens with one attached hydrogen (secondary N) is 1. The van der Waals surface area contributed by atoms with Gasteiger partial charge in [-0.05, 0) is 43.2 Å². The molecule has 0 aliphatic carbocycles. The topological polar surface area (TPSA) is 45.2 Å². The SMILES string of the molecule is O=C(Nc1ccc(Cl)cn1)C1CCN(c2cccc(Cl)c2)CC1. The van der Waals surface area contributed by atoms with Crippen LogP contribution in [-0.2, 0) is 4.79 Å². The molecule has 1 fully saturated rings. The monoisotopic (exact) mass is 349 g/mol. The van der Waals surface area contributed by atoms with E-state index in [1.165, 1.54) is 6.20 Å². The van der Waals surface area contributed by atoms with Crippen LogP contribution < -0.4 is 10.2 Å². The van der Waals surface area contributed by atoms with Gasteiger partial charge in [-0.2, -0.15) is 0 Å². The Hall–Kier alpha value is -1.78. The molecular formula is C17H17Cl2N3O. The maximum Gasteiger partial charge on any atom is 0.228 e. The largest absolute Gasteiger partial charge is 0.371 e. The van der Waals surface area contributed by atoms with Crippen molar-refractivity contribution >= 4 is 40.6 Å². The number of amides is 1. The number of hydrogen-bond donors (Lipinski definition) is 1. The van der Waals surface area contributed by atoms with E-state index < -0.39 is 0 Å². The average Bonchev–Trinajstić information content (AvgIpc) is 2.57. The third kappa shape index (κ3) is 4.15. The van der Waals surface area contributed by atoms with Crippen molar-refractivity contribution in [2.45, 2.75) is 12.8 Å². The van der Waals surface area contributed by atoms with Crippen molar-refractivity contribution in [3.05, 3.63) is 52.6 Å². The summed E-state index contributed by atoms with van der Waals surface area (Å²) in [5.41, 5.74) is 1.11. The molecule has 1 aromatic heterocycles. The first-order chi connectivity index (χ1) is 11.1. The molecule has 1 N–H and O–H groups in total. The molecule has 1 amide bonds. The summed E-state index contributed by atoms with van der Waals surface area (Å²) in [5.74, 6) is 0.560. The fraction of sp³-hybridized carbons (Fsp3) is 0.294. The summed E-state index contributed by atoms with van der Waals surface area (Å²) in [4.78, 5) is 18.7. The van der Waals surface area contributed by atoms with E-state index in [4.69, 9.17) is 23.2 Å². The van der Waals surface area contributed by atoms with Gasteiger partial charge in [0.05, 0.1) is 5.02 Å². The molecule has 1 saturated heterocycles. The van der Waals surface area contributed by atoms with E-state index in [1.807, 2.05) is 24.3 Å². The van der Waals surface area contributed by atoms with E-state index in [2.05, 4.69) is 15.2 Å². The summed E-state index contributed by atoms with van der Waals surface area (Å²) in [6.07, 6.45) is 3.15. The highest BCUT2D eigenvalue weighted by Crippen LogP contribution is 2.26. The molecule has 0 saturated carbocycles. The minimum Gasteiger partial charge on any atom is -0.371 e. The molecule has 0 bridgehead atoms. The molecule has 1 aliphatic rings. The quantitative estimate of drug-likeness (QED) is 0.900. The zero-order chi connectivity index (χ0) is 16.2. The maximum atomic E-state index is 12.3. The van der Waals surface area contributed by atoms with Crippen molar-refractivity contribution in [1.29, 1.82) is 0 Å². The number of carbonyl (C=O) groups is 1. The van der Waals surface area contributed by atoms with E-state index in [0.29, 0.717) is 10.8 Å². The van der Waals surface area contributed by atoms with Crippen molar-refractivity contribution in [3.63, 3.8) is 0 Å². The second-order valence-electron chi connectivity index (χ2n) is 5.59. The van der Waals surface area contributed by atoms with Crippen LogP contribution in [0.5, 0.6) is 0 Å². The van der Waals surface area contributed by atoms with E-state index in [9.17, 15) is 4.79 Å². The lowest BCUT2D eigenvalue weighted by Crippen LogP contribution is -2.38. The number of pyridine rings is 1. The summed E-state index contributed by atoms with van der Waals surface area (Å²) in [6.45, 7) is 1.68. The van der Waals surface area contributed by atoms with Gasteiger partial charge >= 0.3 is 0 Å². The molecule has 120 valence electrons. The Morgan fingerprint density at radius 3 is 2.57 bits per heavy atom. The second kappa shape index (κ2) is 7.20. The Kier molecular flexibility index (Phi) is 5.03. The number of nitrogens with zero attached hydrogens (tertiary/aromatic N) is 2. The normalized spacial score (nSPS) is 15.5. The molecule has 6 heteroatoms. The van der Waals surface area contributed by atoms with E-state index in [0.717, 1.165) is 36.6 Å². The Balaban J connectivity index is 1.56. The number of anilines is 2. The summed E-state index contributed by atoms with van der Waals surface area (Å²) in [7, 11) is 0. The Morgan fingerprint density at radius 2 is 1.91 bits per heavy atom. The molecule has 0 unspecified atom stereocenters. The van der Waals surface area contributed by atoms with Crippen molar-refractivity contribution in [3.8, 4) is 0 Å². The van der Waals surface area contributed by atoms with E-state index in [-0.39, 0.29) is 11.8 Å². The van der Waals surface area contributed by atoms with Crippen molar-refractivity contribution in [2.75, 3.05) is 23.3 Å².